The number of likely N-dealkylation sites (N-methyl/N-ethyl adjacent to an activating group) is 1. The molecule has 1 fully saturated rings. The van der Waals surface area contributed by atoms with Gasteiger partial charge in [-0.05, 0) is 32.7 Å². The van der Waals surface area contributed by atoms with Crippen LogP contribution in [0.15, 0.2) is 0 Å². The largest absolute Gasteiger partial charge is 0.354 e. The minimum Gasteiger partial charge on any atom is -0.354 e. The van der Waals surface area contributed by atoms with E-state index in [0.29, 0.717) is 5.75 Å². The second-order valence-corrected chi connectivity index (χ2v) is 5.52. The minimum atomic E-state index is 0.170. The van der Waals surface area contributed by atoms with Crippen molar-refractivity contribution >= 4 is 17.7 Å². The van der Waals surface area contributed by atoms with E-state index in [2.05, 4.69) is 24.2 Å². The number of nitrogens with zero attached hydrogens (tertiary/aromatic N) is 1. The van der Waals surface area contributed by atoms with Gasteiger partial charge in [0.1, 0.15) is 0 Å². The van der Waals surface area contributed by atoms with E-state index in [9.17, 15) is 4.79 Å². The summed E-state index contributed by atoms with van der Waals surface area (Å²) >= 11 is 1.58. The summed E-state index contributed by atoms with van der Waals surface area (Å²) < 4.78 is 0. The van der Waals surface area contributed by atoms with Crippen LogP contribution < -0.4 is 5.32 Å². The van der Waals surface area contributed by atoms with Crippen LogP contribution in [0.5, 0.6) is 0 Å². The first-order valence-corrected chi connectivity index (χ1v) is 7.51. The van der Waals surface area contributed by atoms with Gasteiger partial charge in [-0.15, -0.1) is 0 Å². The Labute approximate surface area is 103 Å². The molecular weight excluding hydrogens is 220 g/mol. The van der Waals surface area contributed by atoms with E-state index in [0.717, 1.165) is 13.1 Å². The lowest BCUT2D eigenvalue weighted by Crippen LogP contribution is -2.52. The zero-order valence-electron chi connectivity index (χ0n) is 10.7. The third kappa shape index (κ3) is 3.39. The normalized spacial score (nSPS) is 19.0. The first-order valence-electron chi connectivity index (χ1n) is 6.11. The number of nitrogens with one attached hydrogen (secondary N) is 1. The van der Waals surface area contributed by atoms with Gasteiger partial charge in [-0.25, -0.2) is 0 Å². The van der Waals surface area contributed by atoms with Crippen molar-refractivity contribution in [2.75, 3.05) is 32.1 Å². The van der Waals surface area contributed by atoms with Crippen LogP contribution in [0.3, 0.4) is 0 Å². The summed E-state index contributed by atoms with van der Waals surface area (Å²) in [5, 5.41) is 3.08. The number of hydrogen-bond acceptors (Lipinski definition) is 3. The maximum absolute atomic E-state index is 11.5. The molecule has 1 saturated carbocycles. The summed E-state index contributed by atoms with van der Waals surface area (Å²) in [4.78, 5) is 13.9. The van der Waals surface area contributed by atoms with Gasteiger partial charge >= 0.3 is 0 Å². The molecule has 3 nitrogen and oxygen atoms in total. The van der Waals surface area contributed by atoms with Crippen LogP contribution in [0, 0.1) is 0 Å². The fourth-order valence-electron chi connectivity index (χ4n) is 2.51. The summed E-state index contributed by atoms with van der Waals surface area (Å²) in [6, 6.07) is 0. The molecule has 1 aliphatic carbocycles. The first-order chi connectivity index (χ1) is 7.64. The second-order valence-electron chi connectivity index (χ2n) is 4.66. The van der Waals surface area contributed by atoms with Gasteiger partial charge in [0, 0.05) is 12.1 Å². The molecule has 0 spiro atoms. The third-order valence-electron chi connectivity index (χ3n) is 3.71. The number of rotatable bonds is 6. The summed E-state index contributed by atoms with van der Waals surface area (Å²) in [6.45, 7) is 4.05. The lowest BCUT2D eigenvalue weighted by molar-refractivity contribution is -0.119. The van der Waals surface area contributed by atoms with Crippen LogP contribution in [0.4, 0.5) is 0 Å². The molecule has 0 atom stereocenters. The van der Waals surface area contributed by atoms with Crippen molar-refractivity contribution in [1.29, 1.82) is 0 Å². The Hall–Kier alpha value is -0.220. The maximum atomic E-state index is 11.5. The Kier molecular flexibility index (Phi) is 5.62. The van der Waals surface area contributed by atoms with Gasteiger partial charge in [-0.3, -0.25) is 9.69 Å². The number of amides is 1. The average molecular weight is 244 g/mol. The SMILES string of the molecule is CCN(C)C1(CNC(=O)CSC)CCCC1. The standard InChI is InChI=1S/C12H24N2OS/c1-4-14(2)12(7-5-6-8-12)10-13-11(15)9-16-3/h4-10H2,1-3H3,(H,13,15). The second kappa shape index (κ2) is 6.50. The molecule has 0 unspecified atom stereocenters. The minimum absolute atomic E-state index is 0.170. The highest BCUT2D eigenvalue weighted by atomic mass is 32.2. The van der Waals surface area contributed by atoms with Crippen molar-refractivity contribution in [3.8, 4) is 0 Å². The molecule has 0 aromatic heterocycles. The van der Waals surface area contributed by atoms with Crippen LogP contribution in [0.2, 0.25) is 0 Å². The molecule has 1 aliphatic rings. The highest BCUT2D eigenvalue weighted by molar-refractivity contribution is 7.99. The van der Waals surface area contributed by atoms with E-state index in [-0.39, 0.29) is 11.4 Å². The molecule has 0 aromatic carbocycles. The smallest absolute Gasteiger partial charge is 0.230 e. The molecule has 0 bridgehead atoms. The van der Waals surface area contributed by atoms with Crippen molar-refractivity contribution in [3.63, 3.8) is 0 Å². The molecule has 0 heterocycles. The number of carbonyl (C=O) groups is 1. The van der Waals surface area contributed by atoms with Crippen molar-refractivity contribution in [3.05, 3.63) is 0 Å². The van der Waals surface area contributed by atoms with Crippen LogP contribution >= 0.6 is 11.8 Å². The summed E-state index contributed by atoms with van der Waals surface area (Å²) in [7, 11) is 2.17. The molecule has 1 rings (SSSR count). The lowest BCUT2D eigenvalue weighted by atomic mass is 9.95. The summed E-state index contributed by atoms with van der Waals surface area (Å²) in [5.74, 6) is 0.745. The molecule has 0 aliphatic heterocycles. The molecule has 94 valence electrons. The zero-order chi connectivity index (χ0) is 12.0. The van der Waals surface area contributed by atoms with E-state index in [1.54, 1.807) is 11.8 Å². The molecule has 16 heavy (non-hydrogen) atoms. The fraction of sp³-hybridized carbons (Fsp3) is 0.917. The van der Waals surface area contributed by atoms with Crippen molar-refractivity contribution < 1.29 is 4.79 Å². The monoisotopic (exact) mass is 244 g/mol. The van der Waals surface area contributed by atoms with E-state index >= 15 is 0 Å². The fourth-order valence-corrected chi connectivity index (χ4v) is 2.87. The Morgan fingerprint density at radius 3 is 2.56 bits per heavy atom. The summed E-state index contributed by atoms with van der Waals surface area (Å²) in [6.07, 6.45) is 6.99. The van der Waals surface area contributed by atoms with Gasteiger partial charge in [0.2, 0.25) is 5.91 Å². The molecular formula is C12H24N2OS. The molecule has 0 saturated heterocycles. The van der Waals surface area contributed by atoms with Gasteiger partial charge in [-0.1, -0.05) is 19.8 Å². The lowest BCUT2D eigenvalue weighted by Gasteiger charge is -2.38. The highest BCUT2D eigenvalue weighted by Gasteiger charge is 2.36. The van der Waals surface area contributed by atoms with Gasteiger partial charge in [-0.2, -0.15) is 11.8 Å². The van der Waals surface area contributed by atoms with E-state index < -0.39 is 0 Å². The average Bonchev–Trinajstić information content (AvgIpc) is 2.76. The summed E-state index contributed by atoms with van der Waals surface area (Å²) in [5.41, 5.74) is 0.225. The van der Waals surface area contributed by atoms with Crippen LogP contribution in [-0.4, -0.2) is 48.5 Å². The Morgan fingerprint density at radius 2 is 2.06 bits per heavy atom. The van der Waals surface area contributed by atoms with E-state index in [1.807, 2.05) is 6.26 Å². The Bertz CT molecular complexity index is 227. The van der Waals surface area contributed by atoms with Crippen molar-refractivity contribution in [1.82, 2.24) is 10.2 Å². The van der Waals surface area contributed by atoms with Gasteiger partial charge < -0.3 is 5.32 Å². The molecule has 0 aromatic rings. The Morgan fingerprint density at radius 1 is 1.44 bits per heavy atom. The Balaban J connectivity index is 2.48. The topological polar surface area (TPSA) is 32.3 Å². The van der Waals surface area contributed by atoms with Gasteiger partial charge in [0.25, 0.3) is 0 Å². The predicted octanol–water partition coefficient (Wildman–Crippen LogP) is 1.73. The van der Waals surface area contributed by atoms with Crippen molar-refractivity contribution in [2.24, 2.45) is 0 Å². The van der Waals surface area contributed by atoms with Crippen LogP contribution in [0.25, 0.3) is 0 Å². The number of thioether (sulfide) groups is 1. The molecule has 1 amide bonds. The maximum Gasteiger partial charge on any atom is 0.230 e. The quantitative estimate of drug-likeness (QED) is 0.772. The first kappa shape index (κ1) is 13.8. The third-order valence-corrected chi connectivity index (χ3v) is 4.26. The molecule has 4 heteroatoms. The van der Waals surface area contributed by atoms with E-state index in [1.165, 1.54) is 25.7 Å². The highest BCUT2D eigenvalue weighted by Crippen LogP contribution is 2.33. The van der Waals surface area contributed by atoms with Crippen molar-refractivity contribution in [2.45, 2.75) is 38.1 Å². The predicted molar refractivity (Wildman–Crippen MR) is 70.9 cm³/mol. The van der Waals surface area contributed by atoms with Gasteiger partial charge in [0.05, 0.1) is 5.75 Å². The van der Waals surface area contributed by atoms with Gasteiger partial charge in [0.15, 0.2) is 0 Å². The number of carbonyl (C=O) groups excluding carboxylic acids is 1. The van der Waals surface area contributed by atoms with E-state index in [4.69, 9.17) is 0 Å². The van der Waals surface area contributed by atoms with Crippen LogP contribution in [0.1, 0.15) is 32.6 Å². The molecule has 1 N–H and O–H groups in total. The zero-order valence-corrected chi connectivity index (χ0v) is 11.5. The number of hydrogen-bond donors (Lipinski definition) is 1. The van der Waals surface area contributed by atoms with Crippen LogP contribution in [-0.2, 0) is 4.79 Å². The molecule has 0 radical (unpaired) electrons.